The summed E-state index contributed by atoms with van der Waals surface area (Å²) >= 11 is 0. The molecule has 0 saturated carbocycles. The molecule has 2 rings (SSSR count). The van der Waals surface area contributed by atoms with E-state index in [1.165, 1.54) is 31.2 Å². The Kier molecular flexibility index (Phi) is 4.18. The van der Waals surface area contributed by atoms with E-state index >= 15 is 0 Å². The number of rotatable bonds is 5. The highest BCUT2D eigenvalue weighted by Crippen LogP contribution is 2.19. The molecule has 1 N–H and O–H groups in total. The molecular weight excluding hydrogens is 210 g/mol. The minimum atomic E-state index is 0.104. The number of amides is 1. The van der Waals surface area contributed by atoms with Crippen molar-refractivity contribution in [3.8, 4) is 0 Å². The van der Waals surface area contributed by atoms with Crippen molar-refractivity contribution in [1.82, 2.24) is 5.32 Å². The van der Waals surface area contributed by atoms with Gasteiger partial charge < -0.3 is 5.32 Å². The maximum Gasteiger partial charge on any atom is 0.251 e. The monoisotopic (exact) mass is 231 g/mol. The molecule has 1 heterocycles. The minimum absolute atomic E-state index is 0.104. The van der Waals surface area contributed by atoms with E-state index in [9.17, 15) is 4.79 Å². The molecule has 0 aromatic heterocycles. The zero-order valence-electron chi connectivity index (χ0n) is 10.5. The van der Waals surface area contributed by atoms with Gasteiger partial charge in [-0.05, 0) is 24.5 Å². The molecule has 1 aliphatic rings. The molecule has 0 fully saturated rings. The average molecular weight is 231 g/mol. The fourth-order valence-corrected chi connectivity index (χ4v) is 2.49. The molecule has 1 amide bonds. The van der Waals surface area contributed by atoms with Crippen molar-refractivity contribution in [2.75, 3.05) is 0 Å². The van der Waals surface area contributed by atoms with Crippen molar-refractivity contribution < 1.29 is 4.79 Å². The quantitative estimate of drug-likeness (QED) is 0.774. The average Bonchev–Trinajstić information content (AvgIpc) is 2.35. The number of nitrogens with one attached hydrogen (secondary N) is 1. The molecular formula is C15H21NO. The van der Waals surface area contributed by atoms with E-state index in [0.717, 1.165) is 18.4 Å². The molecule has 1 aromatic carbocycles. The summed E-state index contributed by atoms with van der Waals surface area (Å²) in [7, 11) is 0. The molecule has 17 heavy (non-hydrogen) atoms. The van der Waals surface area contributed by atoms with E-state index in [4.69, 9.17) is 0 Å². The van der Waals surface area contributed by atoms with Crippen molar-refractivity contribution >= 4 is 5.91 Å². The number of fused-ring (bicyclic) bond motifs is 1. The fourth-order valence-electron chi connectivity index (χ4n) is 2.49. The number of unbranched alkanes of at least 4 members (excludes halogenated alkanes) is 3. The van der Waals surface area contributed by atoms with Crippen molar-refractivity contribution in [3.63, 3.8) is 0 Å². The molecule has 0 radical (unpaired) electrons. The Hall–Kier alpha value is -1.31. The van der Waals surface area contributed by atoms with Gasteiger partial charge in [-0.2, -0.15) is 0 Å². The van der Waals surface area contributed by atoms with E-state index in [1.54, 1.807) is 0 Å². The van der Waals surface area contributed by atoms with E-state index in [1.807, 2.05) is 18.2 Å². The highest BCUT2D eigenvalue weighted by Gasteiger charge is 2.22. The second-order valence-corrected chi connectivity index (χ2v) is 4.88. The van der Waals surface area contributed by atoms with Crippen LogP contribution in [0.1, 0.15) is 54.9 Å². The summed E-state index contributed by atoms with van der Waals surface area (Å²) in [6.45, 7) is 2.22. The standard InChI is InChI=1S/C15H21NO/c1-2-3-4-5-9-13-11-12-8-6-7-10-14(12)15(17)16-13/h6-8,10,13H,2-5,9,11H2,1H3,(H,16,17). The van der Waals surface area contributed by atoms with Crippen LogP contribution in [-0.4, -0.2) is 11.9 Å². The lowest BCUT2D eigenvalue weighted by molar-refractivity contribution is 0.0922. The van der Waals surface area contributed by atoms with Crippen molar-refractivity contribution in [1.29, 1.82) is 0 Å². The van der Waals surface area contributed by atoms with Crippen LogP contribution < -0.4 is 5.32 Å². The second-order valence-electron chi connectivity index (χ2n) is 4.88. The third-order valence-corrected chi connectivity index (χ3v) is 3.47. The molecule has 1 aliphatic heterocycles. The van der Waals surface area contributed by atoms with Gasteiger partial charge in [-0.1, -0.05) is 50.8 Å². The molecule has 1 unspecified atom stereocenters. The van der Waals surface area contributed by atoms with Gasteiger partial charge in [0.25, 0.3) is 5.91 Å². The van der Waals surface area contributed by atoms with Crippen LogP contribution in [0.3, 0.4) is 0 Å². The molecule has 0 aliphatic carbocycles. The van der Waals surface area contributed by atoms with E-state index in [-0.39, 0.29) is 5.91 Å². The lowest BCUT2D eigenvalue weighted by Crippen LogP contribution is -2.41. The van der Waals surface area contributed by atoms with Gasteiger partial charge in [0.15, 0.2) is 0 Å². The summed E-state index contributed by atoms with van der Waals surface area (Å²) in [4.78, 5) is 11.9. The number of hydrogen-bond acceptors (Lipinski definition) is 1. The summed E-state index contributed by atoms with van der Waals surface area (Å²) in [5.74, 6) is 0.104. The topological polar surface area (TPSA) is 29.1 Å². The second kappa shape index (κ2) is 5.85. The van der Waals surface area contributed by atoms with Gasteiger partial charge in [0.2, 0.25) is 0 Å². The summed E-state index contributed by atoms with van der Waals surface area (Å²) in [5.41, 5.74) is 2.06. The smallest absolute Gasteiger partial charge is 0.251 e. The zero-order valence-corrected chi connectivity index (χ0v) is 10.5. The van der Waals surface area contributed by atoms with Gasteiger partial charge in [-0.15, -0.1) is 0 Å². The highest BCUT2D eigenvalue weighted by atomic mass is 16.1. The van der Waals surface area contributed by atoms with Crippen molar-refractivity contribution in [2.24, 2.45) is 0 Å². The third kappa shape index (κ3) is 3.09. The van der Waals surface area contributed by atoms with Crippen LogP contribution in [0.2, 0.25) is 0 Å². The van der Waals surface area contributed by atoms with E-state index in [2.05, 4.69) is 18.3 Å². The summed E-state index contributed by atoms with van der Waals surface area (Å²) < 4.78 is 0. The Bertz CT molecular complexity index is 386. The lowest BCUT2D eigenvalue weighted by Gasteiger charge is -2.25. The van der Waals surface area contributed by atoms with Crippen LogP contribution in [0.15, 0.2) is 24.3 Å². The molecule has 0 bridgehead atoms. The number of hydrogen-bond donors (Lipinski definition) is 1. The van der Waals surface area contributed by atoms with Crippen LogP contribution in [-0.2, 0) is 6.42 Å². The first-order chi connectivity index (χ1) is 8.31. The maximum absolute atomic E-state index is 11.9. The Morgan fingerprint density at radius 2 is 2.06 bits per heavy atom. The predicted octanol–water partition coefficient (Wildman–Crippen LogP) is 3.31. The summed E-state index contributed by atoms with van der Waals surface area (Å²) in [5, 5.41) is 3.11. The number of carbonyl (C=O) groups is 1. The first-order valence-electron chi connectivity index (χ1n) is 6.70. The molecule has 0 spiro atoms. The first-order valence-corrected chi connectivity index (χ1v) is 6.70. The van der Waals surface area contributed by atoms with Gasteiger partial charge in [0.05, 0.1) is 0 Å². The molecule has 1 aromatic rings. The van der Waals surface area contributed by atoms with Crippen LogP contribution in [0, 0.1) is 0 Å². The molecule has 0 saturated heterocycles. The van der Waals surface area contributed by atoms with E-state index < -0.39 is 0 Å². The number of benzene rings is 1. The minimum Gasteiger partial charge on any atom is -0.349 e. The Labute approximate surface area is 103 Å². The maximum atomic E-state index is 11.9. The largest absolute Gasteiger partial charge is 0.349 e. The summed E-state index contributed by atoms with van der Waals surface area (Å²) in [6, 6.07) is 8.28. The molecule has 2 heteroatoms. The van der Waals surface area contributed by atoms with Crippen LogP contribution >= 0.6 is 0 Å². The van der Waals surface area contributed by atoms with E-state index in [0.29, 0.717) is 6.04 Å². The van der Waals surface area contributed by atoms with Gasteiger partial charge in [0, 0.05) is 11.6 Å². The lowest BCUT2D eigenvalue weighted by atomic mass is 9.92. The Morgan fingerprint density at radius 3 is 2.88 bits per heavy atom. The highest BCUT2D eigenvalue weighted by molar-refractivity contribution is 5.96. The SMILES string of the molecule is CCCCCCC1Cc2ccccc2C(=O)N1. The fraction of sp³-hybridized carbons (Fsp3) is 0.533. The third-order valence-electron chi connectivity index (χ3n) is 3.47. The Balaban J connectivity index is 1.91. The Morgan fingerprint density at radius 1 is 1.24 bits per heavy atom. The van der Waals surface area contributed by atoms with Crippen molar-refractivity contribution in [3.05, 3.63) is 35.4 Å². The van der Waals surface area contributed by atoms with Gasteiger partial charge >= 0.3 is 0 Å². The van der Waals surface area contributed by atoms with Crippen molar-refractivity contribution in [2.45, 2.75) is 51.5 Å². The zero-order chi connectivity index (χ0) is 12.1. The first kappa shape index (κ1) is 12.2. The van der Waals surface area contributed by atoms with Gasteiger partial charge in [-0.25, -0.2) is 0 Å². The molecule has 1 atom stereocenters. The number of carbonyl (C=O) groups excluding carboxylic acids is 1. The normalized spacial score (nSPS) is 18.6. The van der Waals surface area contributed by atoms with Gasteiger partial charge in [0.1, 0.15) is 0 Å². The van der Waals surface area contributed by atoms with Crippen LogP contribution in [0.5, 0.6) is 0 Å². The predicted molar refractivity (Wildman–Crippen MR) is 70.2 cm³/mol. The van der Waals surface area contributed by atoms with Crippen LogP contribution in [0.4, 0.5) is 0 Å². The molecule has 92 valence electrons. The molecule has 2 nitrogen and oxygen atoms in total. The summed E-state index contributed by atoms with van der Waals surface area (Å²) in [6.07, 6.45) is 7.18. The van der Waals surface area contributed by atoms with Gasteiger partial charge in [-0.3, -0.25) is 4.79 Å². The van der Waals surface area contributed by atoms with Crippen LogP contribution in [0.25, 0.3) is 0 Å².